The molecule has 0 spiro atoms. The van der Waals surface area contributed by atoms with E-state index in [4.69, 9.17) is 35.5 Å². The van der Waals surface area contributed by atoms with E-state index >= 15 is 0 Å². The van der Waals surface area contributed by atoms with Crippen LogP contribution in [0.3, 0.4) is 0 Å². The number of fused-ring (bicyclic) bond motifs is 1. The number of aromatic nitrogens is 3. The number of carbonyl (C=O) groups excluding carboxylic acids is 1. The number of ether oxygens (including phenoxy) is 4. The number of carbonyl (C=O) groups is 1. The molecule has 2 saturated heterocycles. The molecule has 1 atom stereocenters. The number of piperidine rings is 1. The molecule has 0 radical (unpaired) electrons. The maximum absolute atomic E-state index is 14.2. The smallest absolute Gasteiger partial charge is 0.387 e. The predicted molar refractivity (Wildman–Crippen MR) is 159 cm³/mol. The first-order chi connectivity index (χ1) is 21.8. The first-order valence-corrected chi connectivity index (χ1v) is 15.1. The Morgan fingerprint density at radius 3 is 2.60 bits per heavy atom. The summed E-state index contributed by atoms with van der Waals surface area (Å²) in [4.78, 5) is 24.0. The van der Waals surface area contributed by atoms with Gasteiger partial charge < -0.3 is 23.5 Å². The molecule has 9 nitrogen and oxygen atoms in total. The van der Waals surface area contributed by atoms with Crippen molar-refractivity contribution in [2.75, 3.05) is 26.8 Å². The molecule has 238 valence electrons. The minimum atomic E-state index is -3.14. The van der Waals surface area contributed by atoms with Crippen LogP contribution in [0.2, 0.25) is 5.02 Å². The van der Waals surface area contributed by atoms with E-state index in [-0.39, 0.29) is 35.5 Å². The third-order valence-electron chi connectivity index (χ3n) is 8.25. The van der Waals surface area contributed by atoms with Gasteiger partial charge in [0.1, 0.15) is 29.3 Å². The maximum atomic E-state index is 14.2. The average molecular weight is 645 g/mol. The number of likely N-dealkylation sites (tertiary alicyclic amines) is 1. The number of esters is 1. The Hall–Kier alpha value is -3.87. The number of alkyl halides is 2. The van der Waals surface area contributed by atoms with Crippen molar-refractivity contribution in [3.63, 3.8) is 0 Å². The van der Waals surface area contributed by atoms with E-state index in [9.17, 15) is 18.0 Å². The van der Waals surface area contributed by atoms with Crippen LogP contribution in [0.4, 0.5) is 13.2 Å². The Balaban J connectivity index is 1.16. The van der Waals surface area contributed by atoms with Crippen molar-refractivity contribution in [3.05, 3.63) is 82.0 Å². The van der Waals surface area contributed by atoms with Crippen molar-refractivity contribution in [2.45, 2.75) is 57.6 Å². The van der Waals surface area contributed by atoms with Gasteiger partial charge in [-0.2, -0.15) is 8.78 Å². The maximum Gasteiger partial charge on any atom is 0.387 e. The Labute approximate surface area is 262 Å². The molecule has 45 heavy (non-hydrogen) atoms. The molecule has 2 aliphatic rings. The highest BCUT2D eigenvalue weighted by Gasteiger charge is 2.29. The molecule has 2 aromatic carbocycles. The lowest BCUT2D eigenvalue weighted by Crippen LogP contribution is -2.35. The summed E-state index contributed by atoms with van der Waals surface area (Å²) in [5.41, 5.74) is 1.95. The van der Waals surface area contributed by atoms with E-state index in [0.717, 1.165) is 38.0 Å². The first-order valence-electron chi connectivity index (χ1n) is 14.7. The summed E-state index contributed by atoms with van der Waals surface area (Å²) in [5, 5.41) is 0.325. The van der Waals surface area contributed by atoms with Crippen LogP contribution in [0, 0.1) is 5.82 Å². The molecule has 0 aliphatic carbocycles. The lowest BCUT2D eigenvalue weighted by molar-refractivity contribution is -0.0592. The second-order valence-corrected chi connectivity index (χ2v) is 11.5. The molecule has 0 amide bonds. The molecule has 0 saturated carbocycles. The summed E-state index contributed by atoms with van der Waals surface area (Å²) in [6, 6.07) is 13.2. The largest absolute Gasteiger partial charge is 0.473 e. The first kappa shape index (κ1) is 31.1. The second-order valence-electron chi connectivity index (χ2n) is 11.1. The van der Waals surface area contributed by atoms with Gasteiger partial charge in [-0.25, -0.2) is 19.2 Å². The fourth-order valence-corrected chi connectivity index (χ4v) is 5.93. The highest BCUT2D eigenvalue weighted by atomic mass is 35.5. The Morgan fingerprint density at radius 2 is 1.91 bits per heavy atom. The van der Waals surface area contributed by atoms with Crippen LogP contribution in [-0.2, 0) is 29.2 Å². The predicted octanol–water partition coefficient (Wildman–Crippen LogP) is 6.36. The molecule has 2 fully saturated rings. The number of benzene rings is 2. The van der Waals surface area contributed by atoms with E-state index in [1.54, 1.807) is 24.3 Å². The van der Waals surface area contributed by atoms with Gasteiger partial charge >= 0.3 is 12.6 Å². The molecule has 0 bridgehead atoms. The molecular formula is C32H32ClF3N4O5. The summed E-state index contributed by atoms with van der Waals surface area (Å²) >= 11 is 5.84. The number of nitrogens with zero attached hydrogens (tertiary/aromatic N) is 4. The van der Waals surface area contributed by atoms with E-state index in [1.807, 2.05) is 16.7 Å². The van der Waals surface area contributed by atoms with Crippen molar-refractivity contribution in [1.29, 1.82) is 0 Å². The van der Waals surface area contributed by atoms with E-state index < -0.39 is 18.4 Å². The molecular weight excluding hydrogens is 613 g/mol. The normalized spacial score (nSPS) is 17.4. The van der Waals surface area contributed by atoms with Gasteiger partial charge in [-0.05, 0) is 62.7 Å². The fraction of sp³-hybridized carbons (Fsp3) is 0.406. The van der Waals surface area contributed by atoms with Crippen LogP contribution >= 0.6 is 11.6 Å². The molecule has 0 N–H and O–H groups in total. The Bertz CT molecular complexity index is 1670. The molecule has 6 rings (SSSR count). The van der Waals surface area contributed by atoms with E-state index in [1.165, 1.54) is 19.2 Å². The third-order valence-corrected chi connectivity index (χ3v) is 8.49. The number of hydrogen-bond acceptors (Lipinski definition) is 8. The Kier molecular flexibility index (Phi) is 9.43. The molecule has 0 unspecified atom stereocenters. The van der Waals surface area contributed by atoms with E-state index in [0.29, 0.717) is 47.5 Å². The standard InChI is InChI=1S/C32H32ClF3N4O5/c1-42-31(41)23-7-8-26-29(30(23)45-32(35)36)38-27(40(26)16-22-11-14-43-22)17-39-12-9-19(10-13-39)25-3-2-4-28(37-25)44-18-20-5-6-21(33)15-24(20)34/h2-8,15,19,22,32H,9-14,16-18H2,1H3/t22-/m0/s1. The number of methoxy groups -OCH3 is 1. The topological polar surface area (TPSA) is 87.9 Å². The lowest BCUT2D eigenvalue weighted by Gasteiger charge is -2.32. The summed E-state index contributed by atoms with van der Waals surface area (Å²) in [5.74, 6) is -0.218. The van der Waals surface area contributed by atoms with Gasteiger partial charge in [0.05, 0.1) is 31.8 Å². The van der Waals surface area contributed by atoms with Gasteiger partial charge in [0.15, 0.2) is 5.75 Å². The van der Waals surface area contributed by atoms with Gasteiger partial charge in [-0.15, -0.1) is 0 Å². The zero-order valence-electron chi connectivity index (χ0n) is 24.6. The highest BCUT2D eigenvalue weighted by molar-refractivity contribution is 6.30. The van der Waals surface area contributed by atoms with Crippen molar-refractivity contribution in [2.24, 2.45) is 0 Å². The van der Waals surface area contributed by atoms with Crippen LogP contribution in [0.25, 0.3) is 11.0 Å². The zero-order chi connectivity index (χ0) is 31.5. The molecule has 2 aliphatic heterocycles. The third kappa shape index (κ3) is 7.03. The van der Waals surface area contributed by atoms with Gasteiger partial charge in [-0.1, -0.05) is 23.7 Å². The van der Waals surface area contributed by atoms with Crippen LogP contribution < -0.4 is 9.47 Å². The number of rotatable bonds is 11. The highest BCUT2D eigenvalue weighted by Crippen LogP contribution is 2.34. The number of halogens is 4. The van der Waals surface area contributed by atoms with Gasteiger partial charge in [-0.3, -0.25) is 4.90 Å². The van der Waals surface area contributed by atoms with Crippen molar-refractivity contribution >= 4 is 28.6 Å². The lowest BCUT2D eigenvalue weighted by atomic mass is 9.93. The quantitative estimate of drug-likeness (QED) is 0.174. The number of hydrogen-bond donors (Lipinski definition) is 0. The van der Waals surface area contributed by atoms with E-state index in [2.05, 4.69) is 9.88 Å². The SMILES string of the molecule is COC(=O)c1ccc2c(nc(CN3CCC(c4cccc(OCc5ccc(Cl)cc5F)n4)CC3)n2C[C@@H]2CCO2)c1OC(F)F. The summed E-state index contributed by atoms with van der Waals surface area (Å²) in [6.45, 7) is 0.0525. The monoisotopic (exact) mass is 644 g/mol. The minimum Gasteiger partial charge on any atom is -0.473 e. The van der Waals surface area contributed by atoms with Crippen molar-refractivity contribution < 1.29 is 36.9 Å². The van der Waals surface area contributed by atoms with Crippen LogP contribution in [0.5, 0.6) is 11.6 Å². The summed E-state index contributed by atoms with van der Waals surface area (Å²) in [7, 11) is 1.18. The number of pyridine rings is 1. The Morgan fingerprint density at radius 1 is 1.11 bits per heavy atom. The molecule has 13 heteroatoms. The van der Waals surface area contributed by atoms with Crippen molar-refractivity contribution in [1.82, 2.24) is 19.4 Å². The minimum absolute atomic E-state index is 0.0107. The average Bonchev–Trinajstić information content (AvgIpc) is 3.35. The van der Waals surface area contributed by atoms with Crippen LogP contribution in [0.1, 0.15) is 52.6 Å². The zero-order valence-corrected chi connectivity index (χ0v) is 25.3. The van der Waals surface area contributed by atoms with Crippen molar-refractivity contribution in [3.8, 4) is 11.6 Å². The van der Waals surface area contributed by atoms with Gasteiger partial charge in [0.25, 0.3) is 0 Å². The van der Waals surface area contributed by atoms with Gasteiger partial charge in [0, 0.05) is 34.9 Å². The van der Waals surface area contributed by atoms with Gasteiger partial charge in [0.2, 0.25) is 5.88 Å². The van der Waals surface area contributed by atoms with Crippen LogP contribution in [-0.4, -0.2) is 64.9 Å². The molecule has 4 heterocycles. The molecule has 4 aromatic rings. The fourth-order valence-electron chi connectivity index (χ4n) is 5.77. The summed E-state index contributed by atoms with van der Waals surface area (Å²) in [6.07, 6.45) is 2.54. The van der Waals surface area contributed by atoms with Crippen LogP contribution in [0.15, 0.2) is 48.5 Å². The molecule has 2 aromatic heterocycles. The second kappa shape index (κ2) is 13.6. The summed E-state index contributed by atoms with van der Waals surface area (Å²) < 4.78 is 64.1. The number of imidazole rings is 1.